The number of anilines is 1. The number of carboxylic acid groups (broad SMARTS) is 1. The summed E-state index contributed by atoms with van der Waals surface area (Å²) in [5.74, 6) is -1.01. The van der Waals surface area contributed by atoms with Crippen LogP contribution in [-0.2, 0) is 6.54 Å². The number of nitrogen functional groups attached to an aromatic ring is 1. The highest BCUT2D eigenvalue weighted by Crippen LogP contribution is 2.18. The summed E-state index contributed by atoms with van der Waals surface area (Å²) in [6.07, 6.45) is 0.300. The van der Waals surface area contributed by atoms with Crippen molar-refractivity contribution in [2.75, 3.05) is 19.3 Å². The van der Waals surface area contributed by atoms with Crippen molar-refractivity contribution in [1.82, 2.24) is 4.90 Å². The maximum absolute atomic E-state index is 11.2. The molecule has 0 radical (unpaired) electrons. The molecule has 1 aromatic carbocycles. The molecule has 100 valence electrons. The molecule has 18 heavy (non-hydrogen) atoms. The minimum Gasteiger partial charge on any atom is -0.478 e. The van der Waals surface area contributed by atoms with Crippen LogP contribution < -0.4 is 5.73 Å². The molecule has 0 bridgehead atoms. The average molecular weight is 252 g/mol. The van der Waals surface area contributed by atoms with Gasteiger partial charge in [0.2, 0.25) is 0 Å². The second-order valence-electron chi connectivity index (χ2n) is 4.56. The van der Waals surface area contributed by atoms with Gasteiger partial charge in [0.05, 0.1) is 11.7 Å². The third-order valence-corrected chi connectivity index (χ3v) is 2.77. The highest BCUT2D eigenvalue weighted by Gasteiger charge is 2.14. The van der Waals surface area contributed by atoms with Gasteiger partial charge >= 0.3 is 5.97 Å². The van der Waals surface area contributed by atoms with E-state index in [-0.39, 0.29) is 17.4 Å². The molecule has 0 amide bonds. The van der Waals surface area contributed by atoms with Crippen molar-refractivity contribution in [3.8, 4) is 0 Å². The number of rotatable bonds is 6. The van der Waals surface area contributed by atoms with Crippen molar-refractivity contribution in [2.24, 2.45) is 0 Å². The molecule has 5 heteroatoms. The van der Waals surface area contributed by atoms with E-state index in [1.165, 1.54) is 0 Å². The van der Waals surface area contributed by atoms with E-state index in [4.69, 9.17) is 10.8 Å². The molecule has 1 atom stereocenters. The largest absolute Gasteiger partial charge is 0.478 e. The van der Waals surface area contributed by atoms with E-state index < -0.39 is 5.97 Å². The predicted octanol–water partition coefficient (Wildman–Crippen LogP) is 1.17. The van der Waals surface area contributed by atoms with Gasteiger partial charge in [0.1, 0.15) is 0 Å². The number of aliphatic hydroxyl groups excluding tert-OH is 1. The molecule has 5 nitrogen and oxygen atoms in total. The van der Waals surface area contributed by atoms with E-state index in [2.05, 4.69) is 0 Å². The minimum atomic E-state index is -1.01. The van der Waals surface area contributed by atoms with Crippen LogP contribution in [0.4, 0.5) is 5.69 Å². The van der Waals surface area contributed by atoms with Gasteiger partial charge in [0.25, 0.3) is 0 Å². The van der Waals surface area contributed by atoms with Gasteiger partial charge in [-0.05, 0) is 32.0 Å². The highest BCUT2D eigenvalue weighted by molar-refractivity contribution is 5.95. The fourth-order valence-electron chi connectivity index (χ4n) is 1.79. The van der Waals surface area contributed by atoms with Crippen molar-refractivity contribution < 1.29 is 15.0 Å². The molecule has 0 heterocycles. The number of carboxylic acids is 1. The van der Waals surface area contributed by atoms with E-state index in [9.17, 15) is 9.90 Å². The van der Waals surface area contributed by atoms with Crippen molar-refractivity contribution in [2.45, 2.75) is 26.0 Å². The summed E-state index contributed by atoms with van der Waals surface area (Å²) < 4.78 is 0. The molecule has 0 spiro atoms. The molecule has 0 aliphatic carbocycles. The Bertz CT molecular complexity index is 419. The van der Waals surface area contributed by atoms with Crippen LogP contribution in [0.15, 0.2) is 18.2 Å². The molecule has 0 aromatic heterocycles. The summed E-state index contributed by atoms with van der Waals surface area (Å²) >= 11 is 0. The van der Waals surface area contributed by atoms with Crippen LogP contribution in [0.1, 0.15) is 29.3 Å². The number of nitrogens with two attached hydrogens (primary N) is 1. The first-order valence-electron chi connectivity index (χ1n) is 5.89. The van der Waals surface area contributed by atoms with Crippen LogP contribution in [0.25, 0.3) is 0 Å². The first kappa shape index (κ1) is 14.5. The second-order valence-corrected chi connectivity index (χ2v) is 4.56. The quantitative estimate of drug-likeness (QED) is 0.662. The Balaban J connectivity index is 2.78. The van der Waals surface area contributed by atoms with Gasteiger partial charge in [0, 0.05) is 18.8 Å². The van der Waals surface area contributed by atoms with E-state index >= 15 is 0 Å². The summed E-state index contributed by atoms with van der Waals surface area (Å²) in [6.45, 7) is 2.93. The lowest BCUT2D eigenvalue weighted by molar-refractivity contribution is 0.0695. The van der Waals surface area contributed by atoms with Gasteiger partial charge in [-0.25, -0.2) is 4.79 Å². The van der Waals surface area contributed by atoms with Gasteiger partial charge in [-0.15, -0.1) is 0 Å². The standard InChI is InChI=1S/C13H20N2O3/c1-9(16)6-7-15(2)8-10-4-3-5-11(14)12(10)13(17)18/h3-5,9,16H,6-8,14H2,1-2H3,(H,17,18). The summed E-state index contributed by atoms with van der Waals surface area (Å²) in [5.41, 5.74) is 6.82. The Morgan fingerprint density at radius 2 is 2.17 bits per heavy atom. The number of carbonyl (C=O) groups is 1. The molecular weight excluding hydrogens is 232 g/mol. The predicted molar refractivity (Wildman–Crippen MR) is 70.4 cm³/mol. The van der Waals surface area contributed by atoms with Gasteiger partial charge in [-0.2, -0.15) is 0 Å². The Morgan fingerprint density at radius 3 is 2.72 bits per heavy atom. The van der Waals surface area contributed by atoms with Crippen LogP contribution in [-0.4, -0.2) is 40.8 Å². The summed E-state index contributed by atoms with van der Waals surface area (Å²) in [6, 6.07) is 5.10. The van der Waals surface area contributed by atoms with E-state index in [0.717, 1.165) is 0 Å². The fourth-order valence-corrected chi connectivity index (χ4v) is 1.79. The normalized spacial score (nSPS) is 12.7. The highest BCUT2D eigenvalue weighted by atomic mass is 16.4. The van der Waals surface area contributed by atoms with Crippen LogP contribution in [0.2, 0.25) is 0 Å². The zero-order valence-electron chi connectivity index (χ0n) is 10.8. The van der Waals surface area contributed by atoms with Crippen molar-refractivity contribution >= 4 is 11.7 Å². The Hall–Kier alpha value is -1.59. The van der Waals surface area contributed by atoms with Crippen LogP contribution in [0.5, 0.6) is 0 Å². The van der Waals surface area contributed by atoms with E-state index in [0.29, 0.717) is 25.1 Å². The number of hydrogen-bond donors (Lipinski definition) is 3. The van der Waals surface area contributed by atoms with Gasteiger partial charge in [-0.1, -0.05) is 12.1 Å². The lowest BCUT2D eigenvalue weighted by atomic mass is 10.0. The third-order valence-electron chi connectivity index (χ3n) is 2.77. The lowest BCUT2D eigenvalue weighted by Gasteiger charge is -2.19. The first-order chi connectivity index (χ1) is 8.41. The number of nitrogens with zero attached hydrogens (tertiary/aromatic N) is 1. The fraction of sp³-hybridized carbons (Fsp3) is 0.462. The number of benzene rings is 1. The molecule has 0 aliphatic heterocycles. The second kappa shape index (κ2) is 6.37. The number of aromatic carboxylic acids is 1. The van der Waals surface area contributed by atoms with E-state index in [1.807, 2.05) is 11.9 Å². The van der Waals surface area contributed by atoms with Crippen molar-refractivity contribution in [1.29, 1.82) is 0 Å². The molecule has 0 fully saturated rings. The zero-order valence-corrected chi connectivity index (χ0v) is 10.8. The van der Waals surface area contributed by atoms with Crippen molar-refractivity contribution in [3.05, 3.63) is 29.3 Å². The lowest BCUT2D eigenvalue weighted by Crippen LogP contribution is -2.23. The minimum absolute atomic E-state index is 0.168. The van der Waals surface area contributed by atoms with Gasteiger partial charge in [0.15, 0.2) is 0 Å². The van der Waals surface area contributed by atoms with E-state index in [1.54, 1.807) is 25.1 Å². The molecular formula is C13H20N2O3. The molecule has 4 N–H and O–H groups in total. The molecule has 0 saturated carbocycles. The Morgan fingerprint density at radius 1 is 1.50 bits per heavy atom. The third kappa shape index (κ3) is 4.01. The zero-order chi connectivity index (χ0) is 13.7. The topological polar surface area (TPSA) is 86.8 Å². The smallest absolute Gasteiger partial charge is 0.338 e. The maximum atomic E-state index is 11.2. The van der Waals surface area contributed by atoms with Crippen molar-refractivity contribution in [3.63, 3.8) is 0 Å². The number of aliphatic hydroxyl groups is 1. The Kier molecular flexibility index (Phi) is 5.12. The SMILES string of the molecule is CC(O)CCN(C)Cc1cccc(N)c1C(=O)O. The molecule has 1 rings (SSSR count). The van der Waals surface area contributed by atoms with Crippen LogP contribution >= 0.6 is 0 Å². The monoisotopic (exact) mass is 252 g/mol. The summed E-state index contributed by atoms with van der Waals surface area (Å²) in [7, 11) is 1.89. The molecule has 1 aromatic rings. The first-order valence-corrected chi connectivity index (χ1v) is 5.89. The van der Waals surface area contributed by atoms with Gasteiger partial charge < -0.3 is 20.8 Å². The van der Waals surface area contributed by atoms with Crippen LogP contribution in [0, 0.1) is 0 Å². The molecule has 0 saturated heterocycles. The Labute approximate surface area is 107 Å². The molecule has 0 aliphatic rings. The molecule has 1 unspecified atom stereocenters. The maximum Gasteiger partial charge on any atom is 0.338 e. The van der Waals surface area contributed by atoms with Crippen LogP contribution in [0.3, 0.4) is 0 Å². The number of hydrogen-bond acceptors (Lipinski definition) is 4. The summed E-state index contributed by atoms with van der Waals surface area (Å²) in [4.78, 5) is 13.1. The average Bonchev–Trinajstić information content (AvgIpc) is 2.26. The summed E-state index contributed by atoms with van der Waals surface area (Å²) in [5, 5.41) is 18.4. The van der Waals surface area contributed by atoms with Gasteiger partial charge in [-0.3, -0.25) is 0 Å².